The van der Waals surface area contributed by atoms with Crippen molar-refractivity contribution in [2.45, 2.75) is 6.73 Å². The van der Waals surface area contributed by atoms with Crippen LogP contribution in [-0.4, -0.2) is 27.7 Å². The first-order valence-electron chi connectivity index (χ1n) is 10.3. The molecule has 0 spiro atoms. The minimum absolute atomic E-state index is 0.0415. The molecular weight excluding hydrogens is 495 g/mol. The lowest BCUT2D eigenvalue weighted by Crippen LogP contribution is -2.14. The lowest BCUT2D eigenvalue weighted by Gasteiger charge is -2.09. The van der Waals surface area contributed by atoms with Crippen molar-refractivity contribution in [3.05, 3.63) is 99.6 Å². The van der Waals surface area contributed by atoms with Gasteiger partial charge < -0.3 is 19.5 Å². The van der Waals surface area contributed by atoms with Crippen LogP contribution >= 0.6 is 11.6 Å². The Hall–Kier alpha value is -4.64. The molecule has 3 aromatic carbocycles. The Morgan fingerprint density at radius 1 is 1.06 bits per heavy atom. The van der Waals surface area contributed by atoms with Gasteiger partial charge in [0.2, 0.25) is 0 Å². The second-order valence-electron chi connectivity index (χ2n) is 7.29. The number of carbonyl (C=O) groups excluding carboxylic acids is 1. The van der Waals surface area contributed by atoms with Crippen LogP contribution in [0.5, 0.6) is 23.0 Å². The number of nitro groups is 1. The van der Waals surface area contributed by atoms with E-state index in [2.05, 4.69) is 10.4 Å². The molecule has 0 aliphatic rings. The summed E-state index contributed by atoms with van der Waals surface area (Å²) in [7, 11) is 1.53. The molecule has 184 valence electrons. The van der Waals surface area contributed by atoms with E-state index < -0.39 is 16.6 Å². The zero-order chi connectivity index (χ0) is 25.7. The molecular formula is C24H18ClFN4O6. The van der Waals surface area contributed by atoms with E-state index in [9.17, 15) is 19.3 Å². The summed E-state index contributed by atoms with van der Waals surface area (Å²) in [6.07, 6.45) is 1.51. The highest BCUT2D eigenvalue weighted by Gasteiger charge is 2.16. The largest absolute Gasteiger partial charge is 0.497 e. The van der Waals surface area contributed by atoms with Gasteiger partial charge in [0.05, 0.1) is 28.8 Å². The van der Waals surface area contributed by atoms with Crippen molar-refractivity contribution in [3.63, 3.8) is 0 Å². The summed E-state index contributed by atoms with van der Waals surface area (Å²) >= 11 is 5.73. The van der Waals surface area contributed by atoms with E-state index >= 15 is 0 Å². The highest BCUT2D eigenvalue weighted by molar-refractivity contribution is 6.30. The summed E-state index contributed by atoms with van der Waals surface area (Å²) in [5.41, 5.74) is -0.0856. The molecule has 0 saturated carbocycles. The standard InChI is InChI=1S/C24H18ClFN4O6/c1-34-17-2-4-18(5-3-17)36-20-11-15(10-16(12-20)30(32)33)27-24(31)23-8-9-29(28-23)14-35-19-6-7-22(26)21(25)13-19/h2-13H,14H2,1H3,(H,27,31). The van der Waals surface area contributed by atoms with Gasteiger partial charge in [0.25, 0.3) is 11.6 Å². The molecule has 0 fully saturated rings. The first-order valence-corrected chi connectivity index (χ1v) is 10.7. The van der Waals surface area contributed by atoms with Crippen LogP contribution < -0.4 is 19.5 Å². The van der Waals surface area contributed by atoms with Crippen molar-refractivity contribution in [1.29, 1.82) is 0 Å². The van der Waals surface area contributed by atoms with Crippen molar-refractivity contribution in [3.8, 4) is 23.0 Å². The molecule has 1 N–H and O–H groups in total. The number of nitro benzene ring substituents is 1. The van der Waals surface area contributed by atoms with Gasteiger partial charge in [0, 0.05) is 24.4 Å². The Morgan fingerprint density at radius 3 is 2.47 bits per heavy atom. The van der Waals surface area contributed by atoms with E-state index in [0.29, 0.717) is 17.2 Å². The van der Waals surface area contributed by atoms with E-state index in [1.165, 1.54) is 60.5 Å². The number of halogens is 2. The maximum atomic E-state index is 13.3. The molecule has 4 rings (SSSR count). The predicted molar refractivity (Wildman–Crippen MR) is 128 cm³/mol. The number of methoxy groups -OCH3 is 1. The van der Waals surface area contributed by atoms with Crippen LogP contribution in [0.3, 0.4) is 0 Å². The number of anilines is 1. The number of ether oxygens (including phenoxy) is 3. The molecule has 0 unspecified atom stereocenters. The molecule has 0 radical (unpaired) electrons. The predicted octanol–water partition coefficient (Wildman–Crippen LogP) is 5.67. The van der Waals surface area contributed by atoms with Crippen LogP contribution in [0.2, 0.25) is 5.02 Å². The number of non-ortho nitro benzene ring substituents is 1. The van der Waals surface area contributed by atoms with E-state index in [1.54, 1.807) is 24.3 Å². The van der Waals surface area contributed by atoms with Gasteiger partial charge in [-0.2, -0.15) is 5.10 Å². The molecule has 0 aliphatic carbocycles. The van der Waals surface area contributed by atoms with Crippen molar-refractivity contribution in [1.82, 2.24) is 9.78 Å². The fraction of sp³-hybridized carbons (Fsp3) is 0.0833. The number of carbonyl (C=O) groups is 1. The third-order valence-corrected chi connectivity index (χ3v) is 5.07. The third-order valence-electron chi connectivity index (χ3n) is 4.78. The Labute approximate surface area is 208 Å². The van der Waals surface area contributed by atoms with Crippen molar-refractivity contribution < 1.29 is 28.3 Å². The minimum Gasteiger partial charge on any atom is -0.497 e. The van der Waals surface area contributed by atoms with Crippen molar-refractivity contribution in [2.24, 2.45) is 0 Å². The first kappa shape index (κ1) is 24.5. The highest BCUT2D eigenvalue weighted by Crippen LogP contribution is 2.31. The summed E-state index contributed by atoms with van der Waals surface area (Å²) in [5.74, 6) is 0.357. The second kappa shape index (κ2) is 10.7. The van der Waals surface area contributed by atoms with Gasteiger partial charge >= 0.3 is 0 Å². The van der Waals surface area contributed by atoms with Gasteiger partial charge in [-0.25, -0.2) is 9.07 Å². The van der Waals surface area contributed by atoms with Gasteiger partial charge in [-0.1, -0.05) is 11.6 Å². The molecule has 0 bridgehead atoms. The van der Waals surface area contributed by atoms with Crippen LogP contribution in [0.4, 0.5) is 15.8 Å². The molecule has 36 heavy (non-hydrogen) atoms. The molecule has 1 aromatic heterocycles. The molecule has 0 saturated heterocycles. The van der Waals surface area contributed by atoms with Crippen molar-refractivity contribution in [2.75, 3.05) is 12.4 Å². The van der Waals surface area contributed by atoms with Crippen LogP contribution in [0.25, 0.3) is 0 Å². The fourth-order valence-corrected chi connectivity index (χ4v) is 3.23. The maximum Gasteiger partial charge on any atom is 0.276 e. The van der Waals surface area contributed by atoms with Crippen LogP contribution in [0, 0.1) is 15.9 Å². The third kappa shape index (κ3) is 6.07. The topological polar surface area (TPSA) is 118 Å². The molecule has 1 amide bonds. The Bertz CT molecular complexity index is 1410. The average molecular weight is 513 g/mol. The quantitative estimate of drug-likeness (QED) is 0.226. The molecule has 12 heteroatoms. The number of nitrogens with one attached hydrogen (secondary N) is 1. The normalized spacial score (nSPS) is 10.5. The zero-order valence-corrected chi connectivity index (χ0v) is 19.4. The molecule has 0 aliphatic heterocycles. The first-order chi connectivity index (χ1) is 17.3. The number of aromatic nitrogens is 2. The summed E-state index contributed by atoms with van der Waals surface area (Å²) in [5, 5.41) is 18.0. The van der Waals surface area contributed by atoms with E-state index in [0.717, 1.165) is 0 Å². The Kier molecular flexibility index (Phi) is 7.31. The number of hydrogen-bond acceptors (Lipinski definition) is 7. The summed E-state index contributed by atoms with van der Waals surface area (Å²) in [4.78, 5) is 23.5. The Balaban J connectivity index is 1.45. The van der Waals surface area contributed by atoms with Gasteiger partial charge in [0.1, 0.15) is 28.8 Å². The molecule has 10 nitrogen and oxygen atoms in total. The summed E-state index contributed by atoms with van der Waals surface area (Å²) in [6.45, 7) is -0.0636. The van der Waals surface area contributed by atoms with Crippen LogP contribution in [0.1, 0.15) is 10.5 Å². The van der Waals surface area contributed by atoms with E-state index in [1.807, 2.05) is 0 Å². The Morgan fingerprint density at radius 2 is 1.78 bits per heavy atom. The van der Waals surface area contributed by atoms with E-state index in [-0.39, 0.29) is 34.6 Å². The van der Waals surface area contributed by atoms with Crippen molar-refractivity contribution >= 4 is 28.9 Å². The second-order valence-corrected chi connectivity index (χ2v) is 7.70. The number of hydrogen-bond donors (Lipinski definition) is 1. The van der Waals surface area contributed by atoms with Gasteiger partial charge in [-0.15, -0.1) is 0 Å². The van der Waals surface area contributed by atoms with Gasteiger partial charge in [-0.05, 0) is 42.5 Å². The number of amides is 1. The van der Waals surface area contributed by atoms with Crippen LogP contribution in [-0.2, 0) is 6.73 Å². The summed E-state index contributed by atoms with van der Waals surface area (Å²) in [6, 6.07) is 15.9. The molecule has 0 atom stereocenters. The lowest BCUT2D eigenvalue weighted by molar-refractivity contribution is -0.384. The number of nitrogens with zero attached hydrogens (tertiary/aromatic N) is 3. The molecule has 4 aromatic rings. The van der Waals surface area contributed by atoms with Gasteiger partial charge in [-0.3, -0.25) is 14.9 Å². The number of rotatable bonds is 9. The smallest absolute Gasteiger partial charge is 0.276 e. The highest BCUT2D eigenvalue weighted by atomic mass is 35.5. The number of benzene rings is 3. The SMILES string of the molecule is COc1ccc(Oc2cc(NC(=O)c3ccn(COc4ccc(F)c(Cl)c4)n3)cc([N+](=O)[O-])c2)cc1. The minimum atomic E-state index is -0.602. The summed E-state index contributed by atoms with van der Waals surface area (Å²) < 4.78 is 30.9. The lowest BCUT2D eigenvalue weighted by atomic mass is 10.2. The fourth-order valence-electron chi connectivity index (χ4n) is 3.06. The molecule has 1 heterocycles. The zero-order valence-electron chi connectivity index (χ0n) is 18.7. The van der Waals surface area contributed by atoms with Crippen LogP contribution in [0.15, 0.2) is 72.9 Å². The average Bonchev–Trinajstić information content (AvgIpc) is 3.34. The van der Waals surface area contributed by atoms with E-state index in [4.69, 9.17) is 25.8 Å². The maximum absolute atomic E-state index is 13.3. The van der Waals surface area contributed by atoms with Gasteiger partial charge in [0.15, 0.2) is 12.4 Å². The monoisotopic (exact) mass is 512 g/mol.